The fourth-order valence-corrected chi connectivity index (χ4v) is 3.12. The van der Waals surface area contributed by atoms with E-state index in [2.05, 4.69) is 0 Å². The van der Waals surface area contributed by atoms with Crippen LogP contribution in [-0.4, -0.2) is 12.4 Å². The van der Waals surface area contributed by atoms with Crippen molar-refractivity contribution in [2.75, 3.05) is 6.61 Å². The molecule has 2 nitrogen and oxygen atoms in total. The Labute approximate surface area is 121 Å². The lowest BCUT2D eigenvalue weighted by Crippen LogP contribution is -2.00. The van der Waals surface area contributed by atoms with E-state index in [-0.39, 0.29) is 5.78 Å². The molecule has 20 heavy (non-hydrogen) atoms. The Kier molecular flexibility index (Phi) is 3.52. The summed E-state index contributed by atoms with van der Waals surface area (Å²) in [5.41, 5.74) is 1.46. The van der Waals surface area contributed by atoms with Crippen molar-refractivity contribution in [3.8, 4) is 5.75 Å². The first-order chi connectivity index (χ1) is 9.79. The summed E-state index contributed by atoms with van der Waals surface area (Å²) >= 11 is 1.60. The molecule has 0 spiro atoms. The second kappa shape index (κ2) is 5.47. The zero-order valence-corrected chi connectivity index (χ0v) is 11.9. The van der Waals surface area contributed by atoms with Gasteiger partial charge in [0.05, 0.1) is 6.61 Å². The fraction of sp³-hybridized carbons (Fsp3) is 0.118. The molecule has 0 unspecified atom stereocenters. The van der Waals surface area contributed by atoms with Crippen molar-refractivity contribution in [3.05, 3.63) is 65.0 Å². The number of fused-ring (bicyclic) bond motifs is 1. The Bertz CT molecular complexity index is 741. The summed E-state index contributed by atoms with van der Waals surface area (Å²) in [7, 11) is 0. The number of carbonyl (C=O) groups excluding carboxylic acids is 1. The molecule has 0 saturated carbocycles. The molecule has 0 aliphatic rings. The van der Waals surface area contributed by atoms with Crippen LogP contribution in [0.5, 0.6) is 5.75 Å². The molecule has 1 aromatic heterocycles. The van der Waals surface area contributed by atoms with Gasteiger partial charge in [0.2, 0.25) is 0 Å². The monoisotopic (exact) mass is 282 g/mol. The Morgan fingerprint density at radius 1 is 1.10 bits per heavy atom. The third kappa shape index (κ3) is 2.32. The number of hydrogen-bond donors (Lipinski definition) is 0. The first-order valence-electron chi connectivity index (χ1n) is 6.53. The molecule has 0 bridgehead atoms. The van der Waals surface area contributed by atoms with Crippen LogP contribution in [0.4, 0.5) is 0 Å². The maximum atomic E-state index is 12.6. The summed E-state index contributed by atoms with van der Waals surface area (Å²) in [6.07, 6.45) is 0. The van der Waals surface area contributed by atoms with Gasteiger partial charge in [-0.2, -0.15) is 0 Å². The van der Waals surface area contributed by atoms with Gasteiger partial charge in [-0.05, 0) is 37.3 Å². The first kappa shape index (κ1) is 12.9. The van der Waals surface area contributed by atoms with Crippen LogP contribution in [0.2, 0.25) is 0 Å². The maximum Gasteiger partial charge on any atom is 0.194 e. The molecule has 0 aliphatic heterocycles. The van der Waals surface area contributed by atoms with Crippen molar-refractivity contribution in [3.63, 3.8) is 0 Å². The molecule has 0 N–H and O–H groups in total. The molecule has 0 radical (unpaired) electrons. The van der Waals surface area contributed by atoms with E-state index < -0.39 is 0 Å². The zero-order chi connectivity index (χ0) is 13.9. The molecule has 0 atom stereocenters. The molecule has 0 amide bonds. The van der Waals surface area contributed by atoms with Gasteiger partial charge in [-0.1, -0.05) is 18.2 Å². The highest BCUT2D eigenvalue weighted by Gasteiger charge is 2.13. The van der Waals surface area contributed by atoms with Gasteiger partial charge in [0, 0.05) is 26.6 Å². The van der Waals surface area contributed by atoms with E-state index >= 15 is 0 Å². The molecule has 0 fully saturated rings. The van der Waals surface area contributed by atoms with Crippen LogP contribution in [0.1, 0.15) is 22.8 Å². The number of carbonyl (C=O) groups is 1. The van der Waals surface area contributed by atoms with Crippen LogP contribution < -0.4 is 4.74 Å². The normalized spacial score (nSPS) is 10.7. The van der Waals surface area contributed by atoms with Crippen LogP contribution in [-0.2, 0) is 0 Å². The molecule has 2 aromatic carbocycles. The topological polar surface area (TPSA) is 26.3 Å². The predicted molar refractivity (Wildman–Crippen MR) is 82.9 cm³/mol. The summed E-state index contributed by atoms with van der Waals surface area (Å²) in [5, 5.41) is 2.96. The Hall–Kier alpha value is -2.13. The summed E-state index contributed by atoms with van der Waals surface area (Å²) in [6, 6.07) is 15.3. The minimum absolute atomic E-state index is 0.0606. The fourth-order valence-electron chi connectivity index (χ4n) is 2.18. The zero-order valence-electron chi connectivity index (χ0n) is 11.1. The summed E-state index contributed by atoms with van der Waals surface area (Å²) < 4.78 is 6.53. The van der Waals surface area contributed by atoms with E-state index in [0.717, 1.165) is 21.4 Å². The lowest BCUT2D eigenvalue weighted by molar-refractivity contribution is 0.104. The van der Waals surface area contributed by atoms with Crippen molar-refractivity contribution in [1.29, 1.82) is 0 Å². The van der Waals surface area contributed by atoms with Gasteiger partial charge in [0.25, 0.3) is 0 Å². The summed E-state index contributed by atoms with van der Waals surface area (Å²) in [6.45, 7) is 2.57. The molecule has 0 saturated heterocycles. The van der Waals surface area contributed by atoms with Crippen molar-refractivity contribution >= 4 is 27.2 Å². The lowest BCUT2D eigenvalue weighted by Gasteiger charge is -2.04. The second-order valence-electron chi connectivity index (χ2n) is 4.43. The molecule has 3 rings (SSSR count). The van der Waals surface area contributed by atoms with Gasteiger partial charge in [0.1, 0.15) is 5.75 Å². The van der Waals surface area contributed by atoms with Gasteiger partial charge in [0.15, 0.2) is 5.78 Å². The van der Waals surface area contributed by atoms with E-state index in [1.165, 1.54) is 0 Å². The van der Waals surface area contributed by atoms with Crippen LogP contribution in [0.15, 0.2) is 53.9 Å². The van der Waals surface area contributed by atoms with Crippen LogP contribution in [0.25, 0.3) is 10.1 Å². The maximum absolute atomic E-state index is 12.6. The molecule has 3 aromatic rings. The SMILES string of the molecule is CCOc1ccc(C(=O)c2csc3ccccc23)cc1. The largest absolute Gasteiger partial charge is 0.494 e. The van der Waals surface area contributed by atoms with Crippen LogP contribution in [0, 0.1) is 0 Å². The van der Waals surface area contributed by atoms with E-state index in [1.54, 1.807) is 11.3 Å². The second-order valence-corrected chi connectivity index (χ2v) is 5.34. The highest BCUT2D eigenvalue weighted by molar-refractivity contribution is 7.17. The number of thiophene rings is 1. The molecule has 1 heterocycles. The third-order valence-corrected chi connectivity index (χ3v) is 4.12. The van der Waals surface area contributed by atoms with E-state index in [1.807, 2.05) is 60.8 Å². The molecular weight excluding hydrogens is 268 g/mol. The van der Waals surface area contributed by atoms with Gasteiger partial charge < -0.3 is 4.74 Å². The highest BCUT2D eigenvalue weighted by Crippen LogP contribution is 2.28. The van der Waals surface area contributed by atoms with Crippen molar-refractivity contribution < 1.29 is 9.53 Å². The standard InChI is InChI=1S/C17H14O2S/c1-2-19-13-9-7-12(8-10-13)17(18)15-11-20-16-6-4-3-5-14(15)16/h3-11H,2H2,1H3. The quantitative estimate of drug-likeness (QED) is 0.657. The molecule has 100 valence electrons. The molecular formula is C17H14O2S. The van der Waals surface area contributed by atoms with Gasteiger partial charge in [-0.15, -0.1) is 11.3 Å². The van der Waals surface area contributed by atoms with Crippen molar-refractivity contribution in [2.45, 2.75) is 6.92 Å². The number of rotatable bonds is 4. The Balaban J connectivity index is 1.95. The summed E-state index contributed by atoms with van der Waals surface area (Å²) in [4.78, 5) is 12.6. The minimum atomic E-state index is 0.0606. The average molecular weight is 282 g/mol. The van der Waals surface area contributed by atoms with Gasteiger partial charge >= 0.3 is 0 Å². The molecule has 3 heteroatoms. The van der Waals surface area contributed by atoms with Crippen LogP contribution in [0.3, 0.4) is 0 Å². The van der Waals surface area contributed by atoms with Crippen LogP contribution >= 0.6 is 11.3 Å². The highest BCUT2D eigenvalue weighted by atomic mass is 32.1. The number of ether oxygens (including phenoxy) is 1. The Morgan fingerprint density at radius 2 is 1.85 bits per heavy atom. The van der Waals surface area contributed by atoms with E-state index in [9.17, 15) is 4.79 Å². The lowest BCUT2D eigenvalue weighted by atomic mass is 10.0. The first-order valence-corrected chi connectivity index (χ1v) is 7.41. The van der Waals surface area contributed by atoms with Crippen molar-refractivity contribution in [2.24, 2.45) is 0 Å². The predicted octanol–water partition coefficient (Wildman–Crippen LogP) is 4.53. The number of benzene rings is 2. The third-order valence-electron chi connectivity index (χ3n) is 3.15. The van der Waals surface area contributed by atoms with Gasteiger partial charge in [-0.3, -0.25) is 4.79 Å². The molecule has 0 aliphatic carbocycles. The number of hydrogen-bond acceptors (Lipinski definition) is 3. The van der Waals surface area contributed by atoms with E-state index in [4.69, 9.17) is 4.74 Å². The minimum Gasteiger partial charge on any atom is -0.494 e. The summed E-state index contributed by atoms with van der Waals surface area (Å²) in [5.74, 6) is 0.852. The van der Waals surface area contributed by atoms with E-state index in [0.29, 0.717) is 12.2 Å². The Morgan fingerprint density at radius 3 is 2.60 bits per heavy atom. The number of ketones is 1. The van der Waals surface area contributed by atoms with Gasteiger partial charge in [-0.25, -0.2) is 0 Å². The van der Waals surface area contributed by atoms with Crippen molar-refractivity contribution in [1.82, 2.24) is 0 Å². The smallest absolute Gasteiger partial charge is 0.194 e. The average Bonchev–Trinajstić information content (AvgIpc) is 2.92.